The van der Waals surface area contributed by atoms with E-state index in [0.717, 1.165) is 47.4 Å². The lowest BCUT2D eigenvalue weighted by molar-refractivity contribution is 0.0952. The molecule has 0 aliphatic heterocycles. The number of carbonyl (C=O) groups excluding carboxylic acids is 1. The van der Waals surface area contributed by atoms with E-state index >= 15 is 0 Å². The number of benzene rings is 3. The number of hydrogen-bond donors (Lipinski definition) is 1. The van der Waals surface area contributed by atoms with E-state index in [1.54, 1.807) is 0 Å². The molecule has 4 aromatic rings. The zero-order valence-electron chi connectivity index (χ0n) is 20.1. The number of hydrogen-bond acceptors (Lipinski definition) is 2. The zero-order valence-corrected chi connectivity index (χ0v) is 20.1. The molecule has 0 unspecified atom stereocenters. The predicted octanol–water partition coefficient (Wildman–Crippen LogP) is 6.05. The molecular formula is C29H33N3O. The van der Waals surface area contributed by atoms with E-state index in [-0.39, 0.29) is 11.3 Å². The van der Waals surface area contributed by atoms with Crippen LogP contribution in [0, 0.1) is 6.92 Å². The number of amides is 1. The highest BCUT2D eigenvalue weighted by atomic mass is 16.1. The summed E-state index contributed by atoms with van der Waals surface area (Å²) in [5.74, 6) is 1.04. The molecule has 0 fully saturated rings. The largest absolute Gasteiger partial charge is 0.352 e. The van der Waals surface area contributed by atoms with E-state index in [9.17, 15) is 4.79 Å². The number of imidazole rings is 1. The quantitative estimate of drug-likeness (QED) is 0.356. The number of aromatic nitrogens is 2. The Morgan fingerprint density at radius 3 is 2.36 bits per heavy atom. The minimum Gasteiger partial charge on any atom is -0.352 e. The Hall–Kier alpha value is -3.40. The van der Waals surface area contributed by atoms with Crippen LogP contribution in [0.15, 0.2) is 72.8 Å². The molecule has 0 bridgehead atoms. The van der Waals surface area contributed by atoms with Crippen molar-refractivity contribution in [1.82, 2.24) is 14.9 Å². The minimum absolute atomic E-state index is 0.0134. The molecule has 4 rings (SSSR count). The second-order valence-electron chi connectivity index (χ2n) is 9.72. The van der Waals surface area contributed by atoms with E-state index in [2.05, 4.69) is 73.1 Å². The molecule has 4 heteroatoms. The Balaban J connectivity index is 1.46. The van der Waals surface area contributed by atoms with Crippen molar-refractivity contribution in [3.63, 3.8) is 0 Å². The van der Waals surface area contributed by atoms with Crippen LogP contribution < -0.4 is 5.32 Å². The maximum absolute atomic E-state index is 12.5. The topological polar surface area (TPSA) is 46.9 Å². The number of carbonyl (C=O) groups is 1. The summed E-state index contributed by atoms with van der Waals surface area (Å²) in [7, 11) is 0. The average Bonchev–Trinajstić information content (AvgIpc) is 3.14. The maximum atomic E-state index is 12.5. The molecule has 1 amide bonds. The van der Waals surface area contributed by atoms with E-state index in [1.165, 1.54) is 11.1 Å². The van der Waals surface area contributed by atoms with E-state index in [0.29, 0.717) is 6.54 Å². The fourth-order valence-corrected chi connectivity index (χ4v) is 4.16. The van der Waals surface area contributed by atoms with Crippen molar-refractivity contribution in [2.75, 3.05) is 6.54 Å². The lowest BCUT2D eigenvalue weighted by Crippen LogP contribution is -2.25. The van der Waals surface area contributed by atoms with Crippen molar-refractivity contribution >= 4 is 16.9 Å². The number of aryl methyl sites for hydroxylation is 2. The Morgan fingerprint density at radius 1 is 0.939 bits per heavy atom. The van der Waals surface area contributed by atoms with Crippen LogP contribution in [0.2, 0.25) is 0 Å². The van der Waals surface area contributed by atoms with Crippen LogP contribution in [0.5, 0.6) is 0 Å². The Morgan fingerprint density at radius 2 is 1.64 bits per heavy atom. The summed E-state index contributed by atoms with van der Waals surface area (Å²) in [5, 5.41) is 3.06. The van der Waals surface area contributed by atoms with Gasteiger partial charge in [0, 0.05) is 25.1 Å². The van der Waals surface area contributed by atoms with Gasteiger partial charge in [0.15, 0.2) is 0 Å². The van der Waals surface area contributed by atoms with Gasteiger partial charge >= 0.3 is 0 Å². The van der Waals surface area contributed by atoms with Gasteiger partial charge in [-0.3, -0.25) is 4.79 Å². The van der Waals surface area contributed by atoms with Crippen molar-refractivity contribution in [3.05, 3.63) is 101 Å². The second-order valence-corrected chi connectivity index (χ2v) is 9.72. The smallest absolute Gasteiger partial charge is 0.251 e. The van der Waals surface area contributed by atoms with Gasteiger partial charge in [-0.2, -0.15) is 0 Å². The highest BCUT2D eigenvalue weighted by Gasteiger charge is 2.15. The molecule has 0 aliphatic rings. The number of nitrogens with one attached hydrogen (secondary N) is 1. The SMILES string of the molecule is Cc1ccccc1C(=O)NCCCc1nc2ccccc2n1Cc1ccc(C(C)(C)C)cc1. The monoisotopic (exact) mass is 439 g/mol. The summed E-state index contributed by atoms with van der Waals surface area (Å²) in [5.41, 5.74) is 6.65. The Kier molecular flexibility index (Phi) is 6.64. The number of rotatable bonds is 7. The standard InChI is InChI=1S/C29H33N3O/c1-21-10-5-6-11-24(21)28(33)30-19-9-14-27-31-25-12-7-8-13-26(25)32(27)20-22-15-17-23(18-16-22)29(2,3)4/h5-8,10-13,15-18H,9,14,19-20H2,1-4H3,(H,30,33). The van der Waals surface area contributed by atoms with Gasteiger partial charge in [0.1, 0.15) is 5.82 Å². The van der Waals surface area contributed by atoms with Crippen LogP contribution in [-0.4, -0.2) is 22.0 Å². The zero-order chi connectivity index (χ0) is 23.4. The lowest BCUT2D eigenvalue weighted by Gasteiger charge is -2.19. The van der Waals surface area contributed by atoms with Gasteiger partial charge in [-0.15, -0.1) is 0 Å². The molecule has 1 heterocycles. The van der Waals surface area contributed by atoms with Gasteiger partial charge in [0.25, 0.3) is 5.91 Å². The van der Waals surface area contributed by atoms with Gasteiger partial charge in [0.05, 0.1) is 11.0 Å². The first-order chi connectivity index (χ1) is 15.8. The predicted molar refractivity (Wildman–Crippen MR) is 136 cm³/mol. The Bertz CT molecular complexity index is 1250. The van der Waals surface area contributed by atoms with Crippen molar-refractivity contribution in [1.29, 1.82) is 0 Å². The fourth-order valence-electron chi connectivity index (χ4n) is 4.16. The van der Waals surface area contributed by atoms with Crippen molar-refractivity contribution in [2.45, 2.75) is 52.5 Å². The third-order valence-corrected chi connectivity index (χ3v) is 6.15. The van der Waals surface area contributed by atoms with Gasteiger partial charge in [-0.1, -0.05) is 75.4 Å². The van der Waals surface area contributed by atoms with Crippen molar-refractivity contribution in [2.24, 2.45) is 0 Å². The van der Waals surface area contributed by atoms with Crippen LogP contribution in [0.3, 0.4) is 0 Å². The highest BCUT2D eigenvalue weighted by molar-refractivity contribution is 5.95. The van der Waals surface area contributed by atoms with Crippen LogP contribution in [0.1, 0.15) is 60.1 Å². The normalized spacial score (nSPS) is 11.6. The van der Waals surface area contributed by atoms with Crippen LogP contribution >= 0.6 is 0 Å². The van der Waals surface area contributed by atoms with Crippen LogP contribution in [-0.2, 0) is 18.4 Å². The molecule has 0 radical (unpaired) electrons. The molecule has 0 aliphatic carbocycles. The van der Waals surface area contributed by atoms with E-state index < -0.39 is 0 Å². The molecule has 1 N–H and O–H groups in total. The molecule has 3 aromatic carbocycles. The van der Waals surface area contributed by atoms with Gasteiger partial charge in [-0.25, -0.2) is 4.98 Å². The molecule has 0 saturated carbocycles. The summed E-state index contributed by atoms with van der Waals surface area (Å²) >= 11 is 0. The number of nitrogens with zero attached hydrogens (tertiary/aromatic N) is 2. The third kappa shape index (κ3) is 5.33. The molecule has 4 nitrogen and oxygen atoms in total. The van der Waals surface area contributed by atoms with Gasteiger partial charge in [-0.05, 0) is 53.6 Å². The summed E-state index contributed by atoms with van der Waals surface area (Å²) in [6.45, 7) is 10.1. The summed E-state index contributed by atoms with van der Waals surface area (Å²) in [4.78, 5) is 17.4. The minimum atomic E-state index is -0.0134. The summed E-state index contributed by atoms with van der Waals surface area (Å²) < 4.78 is 2.31. The molecule has 1 aromatic heterocycles. The fraction of sp³-hybridized carbons (Fsp3) is 0.310. The maximum Gasteiger partial charge on any atom is 0.251 e. The first-order valence-corrected chi connectivity index (χ1v) is 11.7. The molecular weight excluding hydrogens is 406 g/mol. The first kappa shape index (κ1) is 22.8. The lowest BCUT2D eigenvalue weighted by atomic mass is 9.87. The summed E-state index contributed by atoms with van der Waals surface area (Å²) in [6, 6.07) is 24.9. The Labute approximate surface area is 196 Å². The second kappa shape index (κ2) is 9.62. The molecule has 0 spiro atoms. The summed E-state index contributed by atoms with van der Waals surface area (Å²) in [6.07, 6.45) is 1.65. The van der Waals surface area contributed by atoms with E-state index in [1.807, 2.05) is 37.3 Å². The molecule has 0 saturated heterocycles. The molecule has 0 atom stereocenters. The van der Waals surface area contributed by atoms with Crippen molar-refractivity contribution < 1.29 is 4.79 Å². The van der Waals surface area contributed by atoms with Crippen LogP contribution in [0.25, 0.3) is 11.0 Å². The number of para-hydroxylation sites is 2. The van der Waals surface area contributed by atoms with Gasteiger partial charge in [0.2, 0.25) is 0 Å². The number of fused-ring (bicyclic) bond motifs is 1. The highest BCUT2D eigenvalue weighted by Crippen LogP contribution is 2.24. The first-order valence-electron chi connectivity index (χ1n) is 11.7. The van der Waals surface area contributed by atoms with E-state index in [4.69, 9.17) is 4.98 Å². The third-order valence-electron chi connectivity index (χ3n) is 6.15. The van der Waals surface area contributed by atoms with Crippen LogP contribution in [0.4, 0.5) is 0 Å². The van der Waals surface area contributed by atoms with Gasteiger partial charge < -0.3 is 9.88 Å². The molecule has 33 heavy (non-hydrogen) atoms. The average molecular weight is 440 g/mol. The van der Waals surface area contributed by atoms with Crippen molar-refractivity contribution in [3.8, 4) is 0 Å². The molecule has 170 valence electrons.